The van der Waals surface area contributed by atoms with E-state index in [9.17, 15) is 19.2 Å². The predicted octanol–water partition coefficient (Wildman–Crippen LogP) is 2.54. The molecular formula is C22H23N3O7S. The highest BCUT2D eigenvalue weighted by Gasteiger charge is 2.22. The lowest BCUT2D eigenvalue weighted by Gasteiger charge is -2.14. The standard InChI is InChI=1S/C22H23N3O7S/c1-3-23-22(29)25-20(27)13(2)32-21(28)15-6-4-5-7-18(15)33-11-19(26)24-14-8-9-16-17(10-14)31-12-30-16/h4-10,13H,3,11-12H2,1-2H3,(H,24,26)(H2,23,25,27,29). The number of anilines is 1. The van der Waals surface area contributed by atoms with Gasteiger partial charge in [0, 0.05) is 23.2 Å². The first-order valence-electron chi connectivity index (χ1n) is 10.1. The number of esters is 1. The van der Waals surface area contributed by atoms with E-state index in [1.807, 2.05) is 0 Å². The van der Waals surface area contributed by atoms with Crippen LogP contribution in [-0.2, 0) is 14.3 Å². The van der Waals surface area contributed by atoms with Gasteiger partial charge in [0.1, 0.15) is 0 Å². The number of nitrogens with one attached hydrogen (secondary N) is 3. The van der Waals surface area contributed by atoms with Gasteiger partial charge in [-0.15, -0.1) is 11.8 Å². The number of hydrogen-bond acceptors (Lipinski definition) is 8. The summed E-state index contributed by atoms with van der Waals surface area (Å²) in [5, 5.41) is 7.27. The molecule has 1 heterocycles. The number of benzene rings is 2. The minimum Gasteiger partial charge on any atom is -0.454 e. The molecule has 2 aromatic carbocycles. The molecule has 2 aromatic rings. The Hall–Kier alpha value is -3.73. The van der Waals surface area contributed by atoms with E-state index in [2.05, 4.69) is 16.0 Å². The predicted molar refractivity (Wildman–Crippen MR) is 120 cm³/mol. The number of carbonyl (C=O) groups excluding carboxylic acids is 4. The summed E-state index contributed by atoms with van der Waals surface area (Å²) in [7, 11) is 0. The van der Waals surface area contributed by atoms with Crippen LogP contribution < -0.4 is 25.4 Å². The number of ether oxygens (including phenoxy) is 3. The van der Waals surface area contributed by atoms with Gasteiger partial charge in [0.2, 0.25) is 12.7 Å². The summed E-state index contributed by atoms with van der Waals surface area (Å²) >= 11 is 1.15. The molecule has 0 bridgehead atoms. The van der Waals surface area contributed by atoms with Crippen molar-refractivity contribution in [3.05, 3.63) is 48.0 Å². The number of thioether (sulfide) groups is 1. The van der Waals surface area contributed by atoms with Crippen molar-refractivity contribution in [1.29, 1.82) is 0 Å². The van der Waals surface area contributed by atoms with Gasteiger partial charge in [-0.3, -0.25) is 14.9 Å². The maximum Gasteiger partial charge on any atom is 0.340 e. The first-order valence-corrected chi connectivity index (χ1v) is 11.1. The van der Waals surface area contributed by atoms with Crippen LogP contribution in [0.1, 0.15) is 24.2 Å². The van der Waals surface area contributed by atoms with Crippen molar-refractivity contribution in [3.63, 3.8) is 0 Å². The summed E-state index contributed by atoms with van der Waals surface area (Å²) in [5.74, 6) is -0.568. The van der Waals surface area contributed by atoms with Crippen molar-refractivity contribution < 1.29 is 33.4 Å². The first kappa shape index (κ1) is 23.9. The highest BCUT2D eigenvalue weighted by Crippen LogP contribution is 2.34. The molecule has 0 saturated carbocycles. The molecule has 0 fully saturated rings. The largest absolute Gasteiger partial charge is 0.454 e. The molecule has 0 aliphatic carbocycles. The van der Waals surface area contributed by atoms with E-state index in [1.165, 1.54) is 13.0 Å². The lowest BCUT2D eigenvalue weighted by molar-refractivity contribution is -0.127. The number of carbonyl (C=O) groups is 4. The topological polar surface area (TPSA) is 132 Å². The van der Waals surface area contributed by atoms with Gasteiger partial charge < -0.3 is 24.8 Å². The van der Waals surface area contributed by atoms with E-state index in [-0.39, 0.29) is 24.0 Å². The molecule has 0 spiro atoms. The molecular weight excluding hydrogens is 450 g/mol. The number of rotatable bonds is 8. The molecule has 1 aliphatic rings. The highest BCUT2D eigenvalue weighted by molar-refractivity contribution is 8.00. The Bertz CT molecular complexity index is 1060. The van der Waals surface area contributed by atoms with Crippen LogP contribution in [0.15, 0.2) is 47.4 Å². The number of fused-ring (bicyclic) bond motifs is 1. The normalized spacial score (nSPS) is 12.4. The second-order valence-corrected chi connectivity index (χ2v) is 7.81. The van der Waals surface area contributed by atoms with Crippen molar-refractivity contribution in [2.75, 3.05) is 24.4 Å². The van der Waals surface area contributed by atoms with Crippen LogP contribution in [0.25, 0.3) is 0 Å². The van der Waals surface area contributed by atoms with Crippen molar-refractivity contribution in [1.82, 2.24) is 10.6 Å². The molecule has 11 heteroatoms. The smallest absolute Gasteiger partial charge is 0.340 e. The molecule has 3 N–H and O–H groups in total. The van der Waals surface area contributed by atoms with Crippen molar-refractivity contribution in [2.45, 2.75) is 24.8 Å². The molecule has 0 radical (unpaired) electrons. The van der Waals surface area contributed by atoms with Gasteiger partial charge in [-0.05, 0) is 38.1 Å². The summed E-state index contributed by atoms with van der Waals surface area (Å²) in [4.78, 5) is 49.0. The Morgan fingerprint density at radius 1 is 1.09 bits per heavy atom. The highest BCUT2D eigenvalue weighted by atomic mass is 32.2. The number of urea groups is 1. The molecule has 3 rings (SSSR count). The number of imide groups is 1. The van der Waals surface area contributed by atoms with Crippen LogP contribution in [-0.4, -0.2) is 49.0 Å². The summed E-state index contributed by atoms with van der Waals surface area (Å²) in [5.41, 5.74) is 0.764. The van der Waals surface area contributed by atoms with Crippen LogP contribution in [0.2, 0.25) is 0 Å². The minimum absolute atomic E-state index is 0.0337. The molecule has 1 atom stereocenters. The molecule has 10 nitrogen and oxygen atoms in total. The fourth-order valence-corrected chi connectivity index (χ4v) is 3.61. The lowest BCUT2D eigenvalue weighted by Crippen LogP contribution is -2.44. The number of hydrogen-bond donors (Lipinski definition) is 3. The van der Waals surface area contributed by atoms with Gasteiger partial charge in [-0.25, -0.2) is 9.59 Å². The zero-order chi connectivity index (χ0) is 23.8. The van der Waals surface area contributed by atoms with Gasteiger partial charge in [0.05, 0.1) is 11.3 Å². The Morgan fingerprint density at radius 2 is 1.85 bits per heavy atom. The summed E-state index contributed by atoms with van der Waals surface area (Å²) in [6.45, 7) is 3.56. The summed E-state index contributed by atoms with van der Waals surface area (Å²) < 4.78 is 15.7. The molecule has 174 valence electrons. The molecule has 4 amide bonds. The molecule has 33 heavy (non-hydrogen) atoms. The van der Waals surface area contributed by atoms with Crippen LogP contribution in [0.4, 0.5) is 10.5 Å². The Labute approximate surface area is 194 Å². The van der Waals surface area contributed by atoms with E-state index in [1.54, 1.807) is 43.3 Å². The average Bonchev–Trinajstić information content (AvgIpc) is 3.25. The average molecular weight is 474 g/mol. The van der Waals surface area contributed by atoms with E-state index in [0.717, 1.165) is 11.8 Å². The number of amides is 4. The van der Waals surface area contributed by atoms with Crippen molar-refractivity contribution in [3.8, 4) is 11.5 Å². The zero-order valence-electron chi connectivity index (χ0n) is 18.0. The van der Waals surface area contributed by atoms with Gasteiger partial charge in [0.25, 0.3) is 5.91 Å². The second kappa shape index (κ2) is 11.2. The SMILES string of the molecule is CCNC(=O)NC(=O)C(C)OC(=O)c1ccccc1SCC(=O)Nc1ccc2c(c1)OCO2. The zero-order valence-corrected chi connectivity index (χ0v) is 18.8. The van der Waals surface area contributed by atoms with Gasteiger partial charge in [0.15, 0.2) is 17.6 Å². The van der Waals surface area contributed by atoms with Gasteiger partial charge >= 0.3 is 12.0 Å². The molecule has 0 aromatic heterocycles. The maximum absolute atomic E-state index is 12.6. The van der Waals surface area contributed by atoms with Gasteiger partial charge in [-0.2, -0.15) is 0 Å². The monoisotopic (exact) mass is 473 g/mol. The fraction of sp³-hybridized carbons (Fsp3) is 0.273. The van der Waals surface area contributed by atoms with Crippen LogP contribution in [0, 0.1) is 0 Å². The molecule has 1 unspecified atom stereocenters. The maximum atomic E-state index is 12.6. The summed E-state index contributed by atoms with van der Waals surface area (Å²) in [6.07, 6.45) is -1.19. The van der Waals surface area contributed by atoms with Crippen molar-refractivity contribution in [2.24, 2.45) is 0 Å². The van der Waals surface area contributed by atoms with Gasteiger partial charge in [-0.1, -0.05) is 12.1 Å². The first-order chi connectivity index (χ1) is 15.9. The molecule has 0 saturated heterocycles. The Balaban J connectivity index is 1.56. The van der Waals surface area contributed by atoms with E-state index < -0.39 is 24.0 Å². The van der Waals surface area contributed by atoms with Crippen LogP contribution in [0.5, 0.6) is 11.5 Å². The Morgan fingerprint density at radius 3 is 2.64 bits per heavy atom. The van der Waals surface area contributed by atoms with E-state index in [0.29, 0.717) is 28.6 Å². The second-order valence-electron chi connectivity index (χ2n) is 6.80. The lowest BCUT2D eigenvalue weighted by atomic mass is 10.2. The van der Waals surface area contributed by atoms with Crippen molar-refractivity contribution >= 4 is 41.3 Å². The van der Waals surface area contributed by atoms with E-state index >= 15 is 0 Å². The van der Waals surface area contributed by atoms with Crippen LogP contribution in [0.3, 0.4) is 0 Å². The van der Waals surface area contributed by atoms with E-state index in [4.69, 9.17) is 14.2 Å². The fourth-order valence-electron chi connectivity index (χ4n) is 2.77. The third-order valence-corrected chi connectivity index (χ3v) is 5.42. The third kappa shape index (κ3) is 6.62. The minimum atomic E-state index is -1.19. The quantitative estimate of drug-likeness (QED) is 0.394. The Kier molecular flexibility index (Phi) is 8.14. The summed E-state index contributed by atoms with van der Waals surface area (Å²) in [6, 6.07) is 11.0. The molecule has 1 aliphatic heterocycles. The van der Waals surface area contributed by atoms with Crippen LogP contribution >= 0.6 is 11.8 Å². The third-order valence-electron chi connectivity index (χ3n) is 4.35.